The van der Waals surface area contributed by atoms with E-state index in [0.717, 1.165) is 39.3 Å². The van der Waals surface area contributed by atoms with Crippen LogP contribution >= 0.6 is 11.3 Å². The molecule has 4 aromatic rings. The summed E-state index contributed by atoms with van der Waals surface area (Å²) in [5.41, 5.74) is 4.31. The predicted octanol–water partition coefficient (Wildman–Crippen LogP) is 7.46. The molecule has 3 aromatic carbocycles. The maximum atomic E-state index is 12.6. The van der Waals surface area contributed by atoms with Crippen molar-refractivity contribution in [3.63, 3.8) is 0 Å². The van der Waals surface area contributed by atoms with Crippen molar-refractivity contribution in [1.82, 2.24) is 4.98 Å². The summed E-state index contributed by atoms with van der Waals surface area (Å²) in [5, 5.41) is 0.971. The largest absolute Gasteiger partial charge is 0.416 e. The van der Waals surface area contributed by atoms with Crippen LogP contribution in [0, 0.1) is 6.92 Å². The number of fused-ring (bicyclic) bond motifs is 1. The average Bonchev–Trinajstić information content (AvgIpc) is 3.09. The van der Waals surface area contributed by atoms with E-state index in [1.165, 1.54) is 22.4 Å². The Morgan fingerprint density at radius 3 is 2.04 bits per heavy atom. The molecule has 0 saturated heterocycles. The first-order valence-electron chi connectivity index (χ1n) is 8.71. The maximum Gasteiger partial charge on any atom is 0.416 e. The molecule has 0 radical (unpaired) electrons. The van der Waals surface area contributed by atoms with Gasteiger partial charge in [0.15, 0.2) is 0 Å². The maximum absolute atomic E-state index is 12.6. The zero-order valence-electron chi connectivity index (χ0n) is 15.0. The molecule has 1 heterocycles. The monoisotopic (exact) mass is 395 g/mol. The van der Waals surface area contributed by atoms with Crippen LogP contribution in [0.25, 0.3) is 32.9 Å². The first kappa shape index (κ1) is 18.4. The van der Waals surface area contributed by atoms with E-state index in [9.17, 15) is 13.2 Å². The molecule has 28 heavy (non-hydrogen) atoms. The molecule has 0 bridgehead atoms. The molecule has 0 spiro atoms. The van der Waals surface area contributed by atoms with E-state index in [4.69, 9.17) is 0 Å². The number of hydrogen-bond donors (Lipinski definition) is 0. The van der Waals surface area contributed by atoms with Crippen LogP contribution in [0.4, 0.5) is 13.2 Å². The zero-order valence-corrected chi connectivity index (χ0v) is 15.8. The van der Waals surface area contributed by atoms with Crippen LogP contribution < -0.4 is 0 Å². The standard InChI is InChI=1S/C23H16F3NS/c1-15-2-13-20-21(14-15)28-22(27-20)18-9-5-16(6-10-18)3-4-17-7-11-19(12-8-17)23(24,25)26/h2-14H,1H3/b4-3+. The van der Waals surface area contributed by atoms with Crippen molar-refractivity contribution in [1.29, 1.82) is 0 Å². The second-order valence-electron chi connectivity index (χ2n) is 6.57. The van der Waals surface area contributed by atoms with Crippen molar-refractivity contribution >= 4 is 33.7 Å². The Labute approximate surface area is 164 Å². The van der Waals surface area contributed by atoms with Gasteiger partial charge in [0.25, 0.3) is 0 Å². The molecular formula is C23H16F3NS. The Bertz CT molecular complexity index is 1140. The highest BCUT2D eigenvalue weighted by molar-refractivity contribution is 7.21. The molecule has 0 N–H and O–H groups in total. The summed E-state index contributed by atoms with van der Waals surface area (Å²) >= 11 is 1.66. The number of aromatic nitrogens is 1. The highest BCUT2D eigenvalue weighted by Gasteiger charge is 2.29. The van der Waals surface area contributed by atoms with Gasteiger partial charge in [0, 0.05) is 5.56 Å². The molecule has 0 fully saturated rings. The van der Waals surface area contributed by atoms with Gasteiger partial charge in [-0.1, -0.05) is 54.6 Å². The summed E-state index contributed by atoms with van der Waals surface area (Å²) in [6.07, 6.45) is -0.624. The summed E-state index contributed by atoms with van der Waals surface area (Å²) in [6.45, 7) is 2.07. The smallest absolute Gasteiger partial charge is 0.236 e. The molecule has 0 aliphatic heterocycles. The third kappa shape index (κ3) is 3.99. The third-order valence-corrected chi connectivity index (χ3v) is 5.48. The van der Waals surface area contributed by atoms with Gasteiger partial charge in [0.2, 0.25) is 0 Å². The number of rotatable bonds is 3. The Morgan fingerprint density at radius 1 is 0.821 bits per heavy atom. The summed E-state index contributed by atoms with van der Waals surface area (Å²) < 4.78 is 39.0. The van der Waals surface area contributed by atoms with Crippen LogP contribution in [0.3, 0.4) is 0 Å². The van der Waals surface area contributed by atoms with Crippen molar-refractivity contribution in [2.45, 2.75) is 13.1 Å². The van der Waals surface area contributed by atoms with Crippen LogP contribution in [0.2, 0.25) is 0 Å². The highest BCUT2D eigenvalue weighted by atomic mass is 32.1. The van der Waals surface area contributed by atoms with Crippen LogP contribution in [-0.4, -0.2) is 4.98 Å². The van der Waals surface area contributed by atoms with Gasteiger partial charge in [-0.15, -0.1) is 11.3 Å². The first-order chi connectivity index (χ1) is 13.4. The van der Waals surface area contributed by atoms with Gasteiger partial charge in [-0.2, -0.15) is 13.2 Å². The van der Waals surface area contributed by atoms with Crippen molar-refractivity contribution in [3.8, 4) is 10.6 Å². The van der Waals surface area contributed by atoms with Crippen LogP contribution in [0.15, 0.2) is 66.7 Å². The number of halogens is 3. The Kier molecular flexibility index (Phi) is 4.77. The van der Waals surface area contributed by atoms with Gasteiger partial charge in [-0.3, -0.25) is 0 Å². The molecule has 4 rings (SSSR count). The van der Waals surface area contributed by atoms with E-state index in [1.807, 2.05) is 36.4 Å². The van der Waals surface area contributed by atoms with Gasteiger partial charge >= 0.3 is 6.18 Å². The molecular weight excluding hydrogens is 379 g/mol. The average molecular weight is 395 g/mol. The van der Waals surface area contributed by atoms with Crippen molar-refractivity contribution in [3.05, 3.63) is 89.0 Å². The number of hydrogen-bond acceptors (Lipinski definition) is 2. The van der Waals surface area contributed by atoms with E-state index >= 15 is 0 Å². The summed E-state index contributed by atoms with van der Waals surface area (Å²) in [7, 11) is 0. The van der Waals surface area contributed by atoms with Gasteiger partial charge in [-0.25, -0.2) is 4.98 Å². The quantitative estimate of drug-likeness (QED) is 0.328. The molecule has 0 amide bonds. The molecule has 0 aliphatic rings. The number of thiazole rings is 1. The fraction of sp³-hybridized carbons (Fsp3) is 0.0870. The SMILES string of the molecule is Cc1ccc2nc(-c3ccc(/C=C/c4ccc(C(F)(F)F)cc4)cc3)sc2c1. The van der Waals surface area contributed by atoms with E-state index in [0.29, 0.717) is 0 Å². The Balaban J connectivity index is 1.51. The minimum atomic E-state index is -4.31. The second kappa shape index (κ2) is 7.24. The van der Waals surface area contributed by atoms with Crippen LogP contribution in [0.1, 0.15) is 22.3 Å². The van der Waals surface area contributed by atoms with Crippen molar-refractivity contribution in [2.24, 2.45) is 0 Å². The van der Waals surface area contributed by atoms with Gasteiger partial charge in [0.05, 0.1) is 15.8 Å². The van der Waals surface area contributed by atoms with Gasteiger partial charge in [-0.05, 0) is 47.9 Å². The summed E-state index contributed by atoms with van der Waals surface area (Å²) in [4.78, 5) is 4.68. The number of benzene rings is 3. The van der Waals surface area contributed by atoms with Crippen LogP contribution in [0.5, 0.6) is 0 Å². The van der Waals surface area contributed by atoms with Gasteiger partial charge in [0.1, 0.15) is 5.01 Å². The molecule has 0 unspecified atom stereocenters. The molecule has 0 aliphatic carbocycles. The lowest BCUT2D eigenvalue weighted by atomic mass is 10.1. The number of nitrogens with zero attached hydrogens (tertiary/aromatic N) is 1. The van der Waals surface area contributed by atoms with E-state index in [1.54, 1.807) is 17.4 Å². The minimum absolute atomic E-state index is 0.639. The first-order valence-corrected chi connectivity index (χ1v) is 9.53. The second-order valence-corrected chi connectivity index (χ2v) is 7.60. The fourth-order valence-electron chi connectivity index (χ4n) is 2.87. The minimum Gasteiger partial charge on any atom is -0.236 e. The zero-order chi connectivity index (χ0) is 19.7. The Morgan fingerprint density at radius 2 is 1.43 bits per heavy atom. The third-order valence-electron chi connectivity index (χ3n) is 4.41. The lowest BCUT2D eigenvalue weighted by Gasteiger charge is -2.05. The fourth-order valence-corrected chi connectivity index (χ4v) is 3.94. The molecule has 0 saturated carbocycles. The highest BCUT2D eigenvalue weighted by Crippen LogP contribution is 2.31. The predicted molar refractivity (Wildman–Crippen MR) is 110 cm³/mol. The van der Waals surface area contributed by atoms with Crippen LogP contribution in [-0.2, 0) is 6.18 Å². The topological polar surface area (TPSA) is 12.9 Å². The van der Waals surface area contributed by atoms with Gasteiger partial charge < -0.3 is 0 Å². The summed E-state index contributed by atoms with van der Waals surface area (Å²) in [5.74, 6) is 0. The Hall–Kier alpha value is -2.92. The van der Waals surface area contributed by atoms with E-state index < -0.39 is 11.7 Å². The molecule has 1 nitrogen and oxygen atoms in total. The molecule has 140 valence electrons. The molecule has 5 heteroatoms. The van der Waals surface area contributed by atoms with E-state index in [-0.39, 0.29) is 0 Å². The molecule has 0 atom stereocenters. The van der Waals surface area contributed by atoms with Crippen molar-refractivity contribution < 1.29 is 13.2 Å². The normalized spacial score (nSPS) is 12.1. The van der Waals surface area contributed by atoms with E-state index in [2.05, 4.69) is 24.0 Å². The van der Waals surface area contributed by atoms with Crippen molar-refractivity contribution in [2.75, 3.05) is 0 Å². The number of aryl methyl sites for hydroxylation is 1. The lowest BCUT2D eigenvalue weighted by molar-refractivity contribution is -0.137. The number of alkyl halides is 3. The molecule has 1 aromatic heterocycles. The lowest BCUT2D eigenvalue weighted by Crippen LogP contribution is -2.03. The summed E-state index contributed by atoms with van der Waals surface area (Å²) in [6, 6.07) is 19.3.